The third-order valence-corrected chi connectivity index (χ3v) is 7.13. The molecule has 0 fully saturated rings. The minimum atomic E-state index is -0.257. The summed E-state index contributed by atoms with van der Waals surface area (Å²) in [5, 5.41) is 5.80. The maximum atomic E-state index is 13.8. The standard InChI is InChI=1S/C33H30ClN3O3/c1-21(2)26-18-27(22(3)17-31(26)39-4)32-36-29-15-9-7-13-25(29)33(38)37(32)35-19-23-11-6-10-16-30(23)40-20-24-12-5-8-14-28(24)34/h5-19,21H,20H2,1-4H3. The Balaban J connectivity index is 1.62. The van der Waals surface area contributed by atoms with Gasteiger partial charge in [-0.05, 0) is 66.4 Å². The predicted molar refractivity (Wildman–Crippen MR) is 162 cm³/mol. The van der Waals surface area contributed by atoms with E-state index in [9.17, 15) is 4.79 Å². The molecule has 1 heterocycles. The molecule has 7 heteroatoms. The zero-order valence-electron chi connectivity index (χ0n) is 22.9. The molecule has 6 nitrogen and oxygen atoms in total. The number of fused-ring (bicyclic) bond motifs is 1. The molecule has 40 heavy (non-hydrogen) atoms. The van der Waals surface area contributed by atoms with Crippen LogP contribution < -0.4 is 15.0 Å². The highest BCUT2D eigenvalue weighted by Gasteiger charge is 2.18. The van der Waals surface area contributed by atoms with Crippen LogP contribution in [0.5, 0.6) is 11.5 Å². The molecule has 0 bridgehead atoms. The molecule has 1 aromatic heterocycles. The van der Waals surface area contributed by atoms with Crippen LogP contribution in [0.2, 0.25) is 5.02 Å². The summed E-state index contributed by atoms with van der Waals surface area (Å²) in [5.41, 5.74) is 4.72. The van der Waals surface area contributed by atoms with Crippen LogP contribution >= 0.6 is 11.6 Å². The fraction of sp³-hybridized carbons (Fsp3) is 0.182. The quantitative estimate of drug-likeness (QED) is 0.186. The Morgan fingerprint density at radius 1 is 0.975 bits per heavy atom. The van der Waals surface area contributed by atoms with E-state index < -0.39 is 0 Å². The molecule has 5 aromatic rings. The van der Waals surface area contributed by atoms with Crippen molar-refractivity contribution in [2.24, 2.45) is 5.10 Å². The highest BCUT2D eigenvalue weighted by atomic mass is 35.5. The Labute approximate surface area is 238 Å². The molecule has 0 amide bonds. The second-order valence-electron chi connectivity index (χ2n) is 9.80. The minimum Gasteiger partial charge on any atom is -0.496 e. The molecular formula is C33H30ClN3O3. The SMILES string of the molecule is COc1cc(C)c(-c2nc3ccccc3c(=O)n2N=Cc2ccccc2OCc2ccccc2Cl)cc1C(C)C. The molecule has 0 N–H and O–H groups in total. The highest BCUT2D eigenvalue weighted by Crippen LogP contribution is 2.34. The molecule has 0 aliphatic rings. The van der Waals surface area contributed by atoms with Gasteiger partial charge in [0.1, 0.15) is 18.1 Å². The lowest BCUT2D eigenvalue weighted by Gasteiger charge is -2.17. The zero-order valence-corrected chi connectivity index (χ0v) is 23.6. The van der Waals surface area contributed by atoms with Gasteiger partial charge in [0.15, 0.2) is 5.82 Å². The van der Waals surface area contributed by atoms with Crippen molar-refractivity contribution in [2.75, 3.05) is 7.11 Å². The van der Waals surface area contributed by atoms with E-state index in [1.807, 2.05) is 85.8 Å². The Morgan fingerprint density at radius 3 is 2.48 bits per heavy atom. The van der Waals surface area contributed by atoms with Crippen molar-refractivity contribution in [1.82, 2.24) is 9.66 Å². The van der Waals surface area contributed by atoms with Gasteiger partial charge in [0.2, 0.25) is 0 Å². The van der Waals surface area contributed by atoms with Crippen molar-refractivity contribution in [3.8, 4) is 22.9 Å². The Kier molecular flexibility index (Phi) is 7.99. The number of methoxy groups -OCH3 is 1. The van der Waals surface area contributed by atoms with E-state index in [0.29, 0.717) is 34.1 Å². The molecular weight excluding hydrogens is 522 g/mol. The summed E-state index contributed by atoms with van der Waals surface area (Å²) in [6, 6.07) is 26.4. The summed E-state index contributed by atoms with van der Waals surface area (Å²) < 4.78 is 13.1. The maximum Gasteiger partial charge on any atom is 0.282 e. The number of rotatable bonds is 8. The molecule has 0 atom stereocenters. The predicted octanol–water partition coefficient (Wildman–Crippen LogP) is 7.62. The summed E-state index contributed by atoms with van der Waals surface area (Å²) in [6.07, 6.45) is 1.63. The van der Waals surface area contributed by atoms with Gasteiger partial charge in [0.05, 0.1) is 24.2 Å². The van der Waals surface area contributed by atoms with Crippen molar-refractivity contribution in [3.63, 3.8) is 0 Å². The topological polar surface area (TPSA) is 65.7 Å². The third kappa shape index (κ3) is 5.49. The molecule has 0 unspecified atom stereocenters. The van der Waals surface area contributed by atoms with Crippen molar-refractivity contribution in [3.05, 3.63) is 123 Å². The number of nitrogens with zero attached hydrogens (tertiary/aromatic N) is 3. The van der Waals surface area contributed by atoms with Gasteiger partial charge in [0, 0.05) is 21.7 Å². The van der Waals surface area contributed by atoms with E-state index in [-0.39, 0.29) is 11.5 Å². The van der Waals surface area contributed by atoms with Crippen LogP contribution in [-0.2, 0) is 6.61 Å². The number of aromatic nitrogens is 2. The van der Waals surface area contributed by atoms with Crippen molar-refractivity contribution in [2.45, 2.75) is 33.3 Å². The number of hydrogen-bond donors (Lipinski definition) is 0. The van der Waals surface area contributed by atoms with Gasteiger partial charge >= 0.3 is 0 Å². The van der Waals surface area contributed by atoms with Crippen LogP contribution in [0, 0.1) is 6.92 Å². The van der Waals surface area contributed by atoms with Crippen LogP contribution in [0.25, 0.3) is 22.3 Å². The molecule has 0 aliphatic carbocycles. The van der Waals surface area contributed by atoms with E-state index in [4.69, 9.17) is 26.1 Å². The van der Waals surface area contributed by atoms with Crippen LogP contribution in [-0.4, -0.2) is 23.0 Å². The van der Waals surface area contributed by atoms with Gasteiger partial charge in [-0.15, -0.1) is 0 Å². The van der Waals surface area contributed by atoms with Crippen LogP contribution in [0.1, 0.15) is 42.0 Å². The van der Waals surface area contributed by atoms with Gasteiger partial charge < -0.3 is 9.47 Å². The Hall–Kier alpha value is -4.42. The minimum absolute atomic E-state index is 0.209. The van der Waals surface area contributed by atoms with Crippen LogP contribution in [0.4, 0.5) is 0 Å². The number of aryl methyl sites for hydroxylation is 1. The zero-order chi connectivity index (χ0) is 28.2. The lowest BCUT2D eigenvalue weighted by atomic mass is 9.96. The van der Waals surface area contributed by atoms with Gasteiger partial charge in [-0.3, -0.25) is 4.79 Å². The number of benzene rings is 4. The van der Waals surface area contributed by atoms with E-state index >= 15 is 0 Å². The van der Waals surface area contributed by atoms with Crippen LogP contribution in [0.15, 0.2) is 94.8 Å². The number of hydrogen-bond acceptors (Lipinski definition) is 5. The highest BCUT2D eigenvalue weighted by molar-refractivity contribution is 6.31. The normalized spacial score (nSPS) is 11.4. The van der Waals surface area contributed by atoms with Crippen LogP contribution in [0.3, 0.4) is 0 Å². The summed E-state index contributed by atoms with van der Waals surface area (Å²) in [5.74, 6) is 2.09. The van der Waals surface area contributed by atoms with E-state index in [1.165, 1.54) is 4.68 Å². The largest absolute Gasteiger partial charge is 0.496 e. The fourth-order valence-electron chi connectivity index (χ4n) is 4.58. The summed E-state index contributed by atoms with van der Waals surface area (Å²) in [6.45, 7) is 6.50. The van der Waals surface area contributed by atoms with Gasteiger partial charge in [-0.2, -0.15) is 9.78 Å². The fourth-order valence-corrected chi connectivity index (χ4v) is 4.77. The first-order valence-corrected chi connectivity index (χ1v) is 13.5. The monoisotopic (exact) mass is 551 g/mol. The van der Waals surface area contributed by atoms with E-state index in [1.54, 1.807) is 19.4 Å². The lowest BCUT2D eigenvalue weighted by molar-refractivity contribution is 0.306. The number of ether oxygens (including phenoxy) is 2. The average molecular weight is 552 g/mol. The summed E-state index contributed by atoms with van der Waals surface area (Å²) >= 11 is 6.32. The first-order chi connectivity index (χ1) is 19.4. The van der Waals surface area contributed by atoms with Crippen molar-refractivity contribution >= 4 is 28.7 Å². The molecule has 0 radical (unpaired) electrons. The first kappa shape index (κ1) is 27.2. The van der Waals surface area contributed by atoms with E-state index in [2.05, 4.69) is 18.9 Å². The molecule has 0 saturated carbocycles. The van der Waals surface area contributed by atoms with Crippen molar-refractivity contribution in [1.29, 1.82) is 0 Å². The van der Waals surface area contributed by atoms with Crippen molar-refractivity contribution < 1.29 is 9.47 Å². The third-order valence-electron chi connectivity index (χ3n) is 6.77. The molecule has 4 aromatic carbocycles. The number of para-hydroxylation sites is 2. The molecule has 0 saturated heterocycles. The van der Waals surface area contributed by atoms with Gasteiger partial charge in [0.25, 0.3) is 5.56 Å². The molecule has 5 rings (SSSR count). The molecule has 202 valence electrons. The van der Waals surface area contributed by atoms with Gasteiger partial charge in [-0.25, -0.2) is 4.98 Å². The Bertz CT molecular complexity index is 1780. The number of halogens is 1. The average Bonchev–Trinajstić information content (AvgIpc) is 2.96. The second kappa shape index (κ2) is 11.8. The van der Waals surface area contributed by atoms with E-state index in [0.717, 1.165) is 33.6 Å². The maximum absolute atomic E-state index is 13.8. The summed E-state index contributed by atoms with van der Waals surface area (Å²) in [4.78, 5) is 18.7. The molecule has 0 aliphatic heterocycles. The lowest BCUT2D eigenvalue weighted by Crippen LogP contribution is -2.21. The first-order valence-electron chi connectivity index (χ1n) is 13.1. The van der Waals surface area contributed by atoms with Gasteiger partial charge in [-0.1, -0.05) is 67.9 Å². The second-order valence-corrected chi connectivity index (χ2v) is 10.2. The smallest absolute Gasteiger partial charge is 0.282 e. The Morgan fingerprint density at radius 2 is 1.70 bits per heavy atom. The summed E-state index contributed by atoms with van der Waals surface area (Å²) in [7, 11) is 1.67. The molecule has 0 spiro atoms.